The van der Waals surface area contributed by atoms with Crippen molar-refractivity contribution in [1.29, 1.82) is 0 Å². The first-order valence-electron chi connectivity index (χ1n) is 11.7. The molecule has 2 N–H and O–H groups in total. The number of aliphatic hydroxyl groups is 1. The molecule has 0 aromatic heterocycles. The number of likely N-dealkylation sites (tertiary alicyclic amines) is 1. The molecule has 3 aromatic rings. The van der Waals surface area contributed by atoms with E-state index in [1.165, 1.54) is 0 Å². The van der Waals surface area contributed by atoms with Crippen molar-refractivity contribution in [2.45, 2.75) is 24.5 Å². The smallest absolute Gasteiger partial charge is 0.326 e. The molecule has 3 heterocycles. The summed E-state index contributed by atoms with van der Waals surface area (Å²) in [5.41, 5.74) is 3.66. The molecule has 180 valence electrons. The summed E-state index contributed by atoms with van der Waals surface area (Å²) in [6, 6.07) is 21.1. The molecular formula is C27H27N3O5. The fourth-order valence-electron chi connectivity index (χ4n) is 5.57. The number of amides is 2. The lowest BCUT2D eigenvalue weighted by atomic mass is 9.72. The number of hydrogen-bond acceptors (Lipinski definition) is 6. The van der Waals surface area contributed by atoms with E-state index in [0.29, 0.717) is 24.5 Å². The molecular weight excluding hydrogens is 446 g/mol. The molecule has 0 aliphatic carbocycles. The molecule has 0 radical (unpaired) electrons. The molecule has 1 fully saturated rings. The van der Waals surface area contributed by atoms with Crippen molar-refractivity contribution in [2.75, 3.05) is 37.3 Å². The van der Waals surface area contributed by atoms with Gasteiger partial charge in [-0.1, -0.05) is 36.4 Å². The molecule has 2 amide bonds. The number of nitrogens with zero attached hydrogens (tertiary/aromatic N) is 2. The first-order valence-corrected chi connectivity index (χ1v) is 11.7. The van der Waals surface area contributed by atoms with Crippen LogP contribution in [-0.2, 0) is 6.54 Å². The van der Waals surface area contributed by atoms with E-state index in [9.17, 15) is 9.90 Å². The van der Waals surface area contributed by atoms with Gasteiger partial charge in [-0.25, -0.2) is 4.79 Å². The third-order valence-corrected chi connectivity index (χ3v) is 7.22. The Labute approximate surface area is 203 Å². The number of hydrogen-bond donors (Lipinski definition) is 2. The molecule has 3 aliphatic rings. The van der Waals surface area contributed by atoms with Crippen molar-refractivity contribution in [2.24, 2.45) is 0 Å². The zero-order valence-electron chi connectivity index (χ0n) is 19.4. The van der Waals surface area contributed by atoms with E-state index in [-0.39, 0.29) is 37.4 Å². The average Bonchev–Trinajstić information content (AvgIpc) is 3.35. The van der Waals surface area contributed by atoms with Crippen molar-refractivity contribution in [3.8, 4) is 17.2 Å². The Kier molecular flexibility index (Phi) is 5.47. The van der Waals surface area contributed by atoms with Gasteiger partial charge in [-0.3, -0.25) is 9.80 Å². The van der Waals surface area contributed by atoms with Crippen LogP contribution in [-0.4, -0.2) is 55.2 Å². The summed E-state index contributed by atoms with van der Waals surface area (Å²) in [6.45, 7) is 1.45. The fourth-order valence-corrected chi connectivity index (χ4v) is 5.57. The number of methoxy groups -OCH3 is 1. The van der Waals surface area contributed by atoms with Gasteiger partial charge < -0.3 is 24.6 Å². The van der Waals surface area contributed by atoms with Gasteiger partial charge in [-0.15, -0.1) is 0 Å². The van der Waals surface area contributed by atoms with Crippen LogP contribution in [0.2, 0.25) is 0 Å². The monoisotopic (exact) mass is 473 g/mol. The number of carbonyl (C=O) groups is 1. The summed E-state index contributed by atoms with van der Waals surface area (Å²) < 4.78 is 16.4. The molecule has 3 atom stereocenters. The van der Waals surface area contributed by atoms with E-state index >= 15 is 0 Å². The lowest BCUT2D eigenvalue weighted by Gasteiger charge is -2.59. The van der Waals surface area contributed by atoms with Crippen molar-refractivity contribution in [1.82, 2.24) is 4.90 Å². The van der Waals surface area contributed by atoms with Gasteiger partial charge in [-0.2, -0.15) is 0 Å². The number of fused-ring (bicyclic) bond motifs is 4. The van der Waals surface area contributed by atoms with Crippen molar-refractivity contribution in [3.63, 3.8) is 0 Å². The van der Waals surface area contributed by atoms with Crippen LogP contribution in [0.5, 0.6) is 17.2 Å². The Balaban J connectivity index is 1.28. The van der Waals surface area contributed by atoms with Gasteiger partial charge in [0, 0.05) is 36.8 Å². The van der Waals surface area contributed by atoms with E-state index < -0.39 is 0 Å². The Morgan fingerprint density at radius 1 is 1.09 bits per heavy atom. The quantitative estimate of drug-likeness (QED) is 0.587. The van der Waals surface area contributed by atoms with E-state index in [1.54, 1.807) is 12.0 Å². The van der Waals surface area contributed by atoms with Gasteiger partial charge in [0.1, 0.15) is 5.75 Å². The molecule has 3 aromatic carbocycles. The van der Waals surface area contributed by atoms with Gasteiger partial charge in [0.2, 0.25) is 6.79 Å². The third kappa shape index (κ3) is 3.66. The summed E-state index contributed by atoms with van der Waals surface area (Å²) in [4.78, 5) is 17.6. The SMILES string of the molecule is COc1ccccc1NC(=O)N1C[C@H]2[C@@H](c3ccccc31)[C@H](CO)N2Cc1ccc2c(c1)OCO2. The van der Waals surface area contributed by atoms with Crippen molar-refractivity contribution < 1.29 is 24.1 Å². The van der Waals surface area contributed by atoms with Crippen LogP contribution in [0.25, 0.3) is 0 Å². The number of ether oxygens (including phenoxy) is 3. The van der Waals surface area contributed by atoms with E-state index in [4.69, 9.17) is 14.2 Å². The molecule has 0 saturated carbocycles. The Hall–Kier alpha value is -3.75. The number of anilines is 2. The second-order valence-electron chi connectivity index (χ2n) is 9.00. The summed E-state index contributed by atoms with van der Waals surface area (Å²) in [5.74, 6) is 2.25. The summed E-state index contributed by atoms with van der Waals surface area (Å²) in [5, 5.41) is 13.3. The van der Waals surface area contributed by atoms with E-state index in [0.717, 1.165) is 28.3 Å². The van der Waals surface area contributed by atoms with Crippen LogP contribution in [0.4, 0.5) is 16.2 Å². The Morgan fingerprint density at radius 3 is 2.74 bits per heavy atom. The minimum atomic E-state index is -0.212. The van der Waals surface area contributed by atoms with Crippen LogP contribution in [0, 0.1) is 0 Å². The number of urea groups is 1. The van der Waals surface area contributed by atoms with E-state index in [2.05, 4.69) is 16.3 Å². The predicted octanol–water partition coefficient (Wildman–Crippen LogP) is 3.80. The molecule has 3 aliphatic heterocycles. The van der Waals surface area contributed by atoms with Gasteiger partial charge in [0.05, 0.1) is 19.4 Å². The number of aliphatic hydroxyl groups excluding tert-OH is 1. The molecule has 0 spiro atoms. The maximum atomic E-state index is 13.5. The summed E-state index contributed by atoms with van der Waals surface area (Å²) in [7, 11) is 1.59. The minimum Gasteiger partial charge on any atom is -0.495 e. The van der Waals surface area contributed by atoms with Crippen molar-refractivity contribution in [3.05, 3.63) is 77.9 Å². The van der Waals surface area contributed by atoms with Crippen LogP contribution in [0.3, 0.4) is 0 Å². The second kappa shape index (κ2) is 8.79. The highest BCUT2D eigenvalue weighted by molar-refractivity contribution is 6.03. The fraction of sp³-hybridized carbons (Fsp3) is 0.296. The van der Waals surface area contributed by atoms with Crippen molar-refractivity contribution >= 4 is 17.4 Å². The first kappa shape index (κ1) is 21.8. The lowest BCUT2D eigenvalue weighted by Crippen LogP contribution is -2.69. The molecule has 0 unspecified atom stereocenters. The topological polar surface area (TPSA) is 83.5 Å². The molecule has 6 rings (SSSR count). The Morgan fingerprint density at radius 2 is 1.89 bits per heavy atom. The molecule has 8 heteroatoms. The highest BCUT2D eigenvalue weighted by Crippen LogP contribution is 2.49. The van der Waals surface area contributed by atoms with Crippen LogP contribution < -0.4 is 24.4 Å². The number of para-hydroxylation sites is 3. The number of benzene rings is 3. The maximum Gasteiger partial charge on any atom is 0.326 e. The first-order chi connectivity index (χ1) is 17.2. The summed E-state index contributed by atoms with van der Waals surface area (Å²) in [6.07, 6.45) is 0. The zero-order valence-corrected chi connectivity index (χ0v) is 19.4. The number of carbonyl (C=O) groups excluding carboxylic acids is 1. The van der Waals surface area contributed by atoms with Gasteiger partial charge >= 0.3 is 6.03 Å². The van der Waals surface area contributed by atoms with Gasteiger partial charge in [-0.05, 0) is 41.5 Å². The molecule has 35 heavy (non-hydrogen) atoms. The van der Waals surface area contributed by atoms with E-state index in [1.807, 2.05) is 60.7 Å². The predicted molar refractivity (Wildman–Crippen MR) is 131 cm³/mol. The van der Waals surface area contributed by atoms with Crippen LogP contribution >= 0.6 is 0 Å². The number of nitrogens with one attached hydrogen (secondary N) is 1. The normalized spacial score (nSPS) is 22.1. The highest BCUT2D eigenvalue weighted by Gasteiger charge is 2.53. The Bertz CT molecular complexity index is 1270. The highest BCUT2D eigenvalue weighted by atomic mass is 16.7. The number of rotatable bonds is 5. The standard InChI is InChI=1S/C27H27N3O5/c1-33-23-9-5-3-7-19(23)28-27(32)30-14-21-26(18-6-2-4-8-20(18)30)22(15-31)29(21)13-17-10-11-24-25(12-17)35-16-34-24/h2-12,21-22,26,31H,13-16H2,1H3,(H,28,32)/t21-,22-,26+/m0/s1. The second-order valence-corrected chi connectivity index (χ2v) is 9.00. The van der Waals surface area contributed by atoms with Crippen LogP contribution in [0.1, 0.15) is 17.0 Å². The summed E-state index contributed by atoms with van der Waals surface area (Å²) >= 11 is 0. The van der Waals surface area contributed by atoms with Crippen LogP contribution in [0.15, 0.2) is 66.7 Å². The largest absolute Gasteiger partial charge is 0.495 e. The molecule has 1 saturated heterocycles. The molecule has 0 bridgehead atoms. The molecule has 8 nitrogen and oxygen atoms in total. The third-order valence-electron chi connectivity index (χ3n) is 7.22. The average molecular weight is 474 g/mol. The zero-order chi connectivity index (χ0) is 23.9. The van der Waals surface area contributed by atoms with Gasteiger partial charge in [0.25, 0.3) is 0 Å². The maximum absolute atomic E-state index is 13.5. The lowest BCUT2D eigenvalue weighted by molar-refractivity contribution is -0.0484. The minimum absolute atomic E-state index is 0.0222. The van der Waals surface area contributed by atoms with Gasteiger partial charge in [0.15, 0.2) is 11.5 Å².